The molecule has 0 aliphatic heterocycles. The van der Waals surface area contributed by atoms with Gasteiger partial charge in [-0.05, 0) is 35.6 Å². The monoisotopic (exact) mass is 398 g/mol. The van der Waals surface area contributed by atoms with Crippen LogP contribution in [0.4, 0.5) is 10.6 Å². The summed E-state index contributed by atoms with van der Waals surface area (Å²) in [4.78, 5) is 31.8. The van der Waals surface area contributed by atoms with Crippen molar-refractivity contribution in [2.24, 2.45) is 0 Å². The zero-order chi connectivity index (χ0) is 20.6. The number of carbonyl (C=O) groups excluding carboxylic acids is 1. The van der Waals surface area contributed by atoms with Crippen LogP contribution >= 0.6 is 11.6 Å². The third kappa shape index (κ3) is 3.73. The summed E-state index contributed by atoms with van der Waals surface area (Å²) in [6.45, 7) is 8.33. The molecule has 0 radical (unpaired) electrons. The predicted molar refractivity (Wildman–Crippen MR) is 114 cm³/mol. The smallest absolute Gasteiger partial charge is 0.320 e. The highest BCUT2D eigenvalue weighted by Crippen LogP contribution is 2.35. The number of aromatic nitrogens is 2. The lowest BCUT2D eigenvalue weighted by Gasteiger charge is -2.22. The Bertz CT molecular complexity index is 1130. The van der Waals surface area contributed by atoms with Gasteiger partial charge in [0.15, 0.2) is 5.43 Å². The molecule has 0 fully saturated rings. The second-order valence-corrected chi connectivity index (χ2v) is 8.14. The Morgan fingerprint density at radius 3 is 2.57 bits per heavy atom. The number of hydrogen-bond donors (Lipinski definition) is 3. The van der Waals surface area contributed by atoms with Crippen molar-refractivity contribution in [1.29, 1.82) is 0 Å². The molecule has 0 bridgehead atoms. The van der Waals surface area contributed by atoms with Crippen LogP contribution < -0.4 is 16.1 Å². The first-order chi connectivity index (χ1) is 13.1. The van der Waals surface area contributed by atoms with Gasteiger partial charge in [-0.3, -0.25) is 10.1 Å². The van der Waals surface area contributed by atoms with Crippen molar-refractivity contribution in [3.05, 3.63) is 56.8 Å². The van der Waals surface area contributed by atoms with Gasteiger partial charge in [-0.2, -0.15) is 0 Å². The van der Waals surface area contributed by atoms with Crippen LogP contribution in [-0.4, -0.2) is 23.0 Å². The molecule has 6 nitrogen and oxygen atoms in total. The molecule has 7 heteroatoms. The van der Waals surface area contributed by atoms with Crippen molar-refractivity contribution >= 4 is 34.4 Å². The highest BCUT2D eigenvalue weighted by Gasteiger charge is 2.20. The number of nitrogens with zero attached hydrogens (tertiary/aromatic N) is 1. The van der Waals surface area contributed by atoms with Gasteiger partial charge in [0.25, 0.3) is 0 Å². The summed E-state index contributed by atoms with van der Waals surface area (Å²) in [5.41, 5.74) is 3.85. The highest BCUT2D eigenvalue weighted by molar-refractivity contribution is 6.31. The summed E-state index contributed by atoms with van der Waals surface area (Å²) in [7, 11) is 1.50. The van der Waals surface area contributed by atoms with Crippen molar-refractivity contribution in [1.82, 2.24) is 15.3 Å². The Morgan fingerprint density at radius 1 is 1.21 bits per heavy atom. The summed E-state index contributed by atoms with van der Waals surface area (Å²) in [6, 6.07) is 6.72. The third-order valence-corrected chi connectivity index (χ3v) is 4.93. The van der Waals surface area contributed by atoms with Crippen molar-refractivity contribution in [3.63, 3.8) is 0 Å². The van der Waals surface area contributed by atoms with E-state index in [1.54, 1.807) is 6.07 Å². The van der Waals surface area contributed by atoms with Crippen LogP contribution in [0.2, 0.25) is 5.02 Å². The third-order valence-electron chi connectivity index (χ3n) is 4.61. The lowest BCUT2D eigenvalue weighted by molar-refractivity contribution is 0.254. The number of hydrogen-bond acceptors (Lipinski definition) is 3. The van der Waals surface area contributed by atoms with E-state index in [0.717, 1.165) is 16.7 Å². The number of halogens is 1. The Kier molecular flexibility index (Phi) is 5.17. The Balaban J connectivity index is 2.17. The Labute approximate surface area is 168 Å². The summed E-state index contributed by atoms with van der Waals surface area (Å²) in [6.07, 6.45) is 1.54. The van der Waals surface area contributed by atoms with Crippen LogP contribution in [0.3, 0.4) is 0 Å². The fourth-order valence-corrected chi connectivity index (χ4v) is 3.60. The van der Waals surface area contributed by atoms with E-state index in [2.05, 4.69) is 47.4 Å². The minimum atomic E-state index is -0.441. The zero-order valence-electron chi connectivity index (χ0n) is 16.5. The fourth-order valence-electron chi connectivity index (χ4n) is 3.16. The number of H-pyrrole nitrogens is 1. The molecule has 2 amide bonds. The fraction of sp³-hybridized carbons (Fsp3) is 0.286. The van der Waals surface area contributed by atoms with Gasteiger partial charge in [-0.25, -0.2) is 9.78 Å². The van der Waals surface area contributed by atoms with Crippen LogP contribution in [0.25, 0.3) is 22.2 Å². The number of pyridine rings is 2. The molecular weight excluding hydrogens is 376 g/mol. The molecule has 0 saturated carbocycles. The molecule has 2 heterocycles. The van der Waals surface area contributed by atoms with Crippen molar-refractivity contribution in [2.75, 3.05) is 12.4 Å². The second-order valence-electron chi connectivity index (χ2n) is 7.73. The largest absolute Gasteiger partial charge is 0.354 e. The molecule has 3 N–H and O–H groups in total. The van der Waals surface area contributed by atoms with E-state index in [0.29, 0.717) is 21.6 Å². The second kappa shape index (κ2) is 7.28. The molecule has 3 aromatic rings. The van der Waals surface area contributed by atoms with E-state index in [4.69, 9.17) is 11.6 Å². The number of anilines is 1. The van der Waals surface area contributed by atoms with Gasteiger partial charge in [0.2, 0.25) is 0 Å². The zero-order valence-corrected chi connectivity index (χ0v) is 17.3. The molecule has 0 saturated heterocycles. The standard InChI is InChI=1S/C21H23ClN4O2/c1-11-8-13(21(2,3)4)14(22)9-12(11)16-10-17(27)18-15(25-16)6-7-24-19(18)26-20(28)23-5/h6-10H,1-5H3,(H,25,27)(H2,23,24,26,28). The maximum absolute atomic E-state index is 12.8. The van der Waals surface area contributed by atoms with Gasteiger partial charge in [-0.1, -0.05) is 38.4 Å². The number of urea groups is 1. The van der Waals surface area contributed by atoms with E-state index in [1.807, 2.05) is 13.0 Å². The maximum Gasteiger partial charge on any atom is 0.320 e. The number of aromatic amines is 1. The normalized spacial score (nSPS) is 11.5. The Hall–Kier alpha value is -2.86. The van der Waals surface area contributed by atoms with E-state index < -0.39 is 6.03 Å². The van der Waals surface area contributed by atoms with Gasteiger partial charge in [0.05, 0.1) is 16.6 Å². The van der Waals surface area contributed by atoms with Crippen molar-refractivity contribution in [2.45, 2.75) is 33.1 Å². The number of benzene rings is 1. The average Bonchev–Trinajstić information content (AvgIpc) is 2.62. The number of fused-ring (bicyclic) bond motifs is 1. The van der Waals surface area contributed by atoms with Crippen molar-refractivity contribution < 1.29 is 4.79 Å². The first-order valence-electron chi connectivity index (χ1n) is 8.93. The maximum atomic E-state index is 12.8. The van der Waals surface area contributed by atoms with Crippen molar-refractivity contribution in [3.8, 4) is 11.3 Å². The molecule has 0 atom stereocenters. The topological polar surface area (TPSA) is 86.9 Å². The van der Waals surface area contributed by atoms with Crippen LogP contribution in [0.15, 0.2) is 35.3 Å². The first kappa shape index (κ1) is 19.9. The molecule has 0 aliphatic carbocycles. The number of aryl methyl sites for hydroxylation is 1. The van der Waals surface area contributed by atoms with Crippen LogP contribution in [0, 0.1) is 6.92 Å². The van der Waals surface area contributed by atoms with Gasteiger partial charge in [-0.15, -0.1) is 0 Å². The van der Waals surface area contributed by atoms with Gasteiger partial charge in [0.1, 0.15) is 5.82 Å². The molecule has 0 aliphatic rings. The molecule has 1 aromatic carbocycles. The highest BCUT2D eigenvalue weighted by atomic mass is 35.5. The van der Waals surface area contributed by atoms with E-state index in [-0.39, 0.29) is 16.7 Å². The molecule has 146 valence electrons. The number of rotatable bonds is 2. The lowest BCUT2D eigenvalue weighted by Crippen LogP contribution is -2.25. The molecule has 28 heavy (non-hydrogen) atoms. The molecule has 2 aromatic heterocycles. The van der Waals surface area contributed by atoms with Crippen LogP contribution in [0.1, 0.15) is 31.9 Å². The van der Waals surface area contributed by atoms with E-state index >= 15 is 0 Å². The van der Waals surface area contributed by atoms with Gasteiger partial charge < -0.3 is 10.3 Å². The van der Waals surface area contributed by atoms with Crippen LogP contribution in [-0.2, 0) is 5.41 Å². The van der Waals surface area contributed by atoms with E-state index in [1.165, 1.54) is 19.3 Å². The average molecular weight is 399 g/mol. The molecule has 0 unspecified atom stereocenters. The Morgan fingerprint density at radius 2 is 1.93 bits per heavy atom. The lowest BCUT2D eigenvalue weighted by atomic mass is 9.85. The SMILES string of the molecule is CNC(=O)Nc1nccc2[nH]c(-c3cc(Cl)c(C(C)(C)C)cc3C)cc(=O)c12. The summed E-state index contributed by atoms with van der Waals surface area (Å²) in [5, 5.41) is 6.01. The quantitative estimate of drug-likeness (QED) is 0.589. The predicted octanol–water partition coefficient (Wildman–Crippen LogP) is 4.60. The van der Waals surface area contributed by atoms with Gasteiger partial charge in [0, 0.05) is 29.9 Å². The molecule has 3 rings (SSSR count). The van der Waals surface area contributed by atoms with Gasteiger partial charge >= 0.3 is 6.03 Å². The molecular formula is C21H23ClN4O2. The summed E-state index contributed by atoms with van der Waals surface area (Å²) >= 11 is 6.54. The minimum absolute atomic E-state index is 0.0801. The minimum Gasteiger partial charge on any atom is -0.354 e. The van der Waals surface area contributed by atoms with E-state index in [9.17, 15) is 9.59 Å². The number of amides is 2. The number of carbonyl (C=O) groups is 1. The summed E-state index contributed by atoms with van der Waals surface area (Å²) in [5.74, 6) is 0.211. The first-order valence-corrected chi connectivity index (χ1v) is 9.31. The van der Waals surface area contributed by atoms with Crippen LogP contribution in [0.5, 0.6) is 0 Å². The summed E-state index contributed by atoms with van der Waals surface area (Å²) < 4.78 is 0. The molecule has 0 spiro atoms. The number of nitrogens with one attached hydrogen (secondary N) is 3.